The molecule has 4 rings (SSSR count). The van der Waals surface area contributed by atoms with Gasteiger partial charge >= 0.3 is 5.97 Å². The number of benzene rings is 2. The maximum atomic E-state index is 13.1. The van der Waals surface area contributed by atoms with Crippen molar-refractivity contribution in [3.8, 4) is 0 Å². The minimum atomic E-state index is -0.764. The summed E-state index contributed by atoms with van der Waals surface area (Å²) in [5.74, 6) is -2.80. The summed E-state index contributed by atoms with van der Waals surface area (Å²) in [6, 6.07) is 9.10. The Bertz CT molecular complexity index is 1030. The number of hydrogen-bond donors (Lipinski definition) is 1. The van der Waals surface area contributed by atoms with Gasteiger partial charge in [-0.3, -0.25) is 14.4 Å². The molecule has 7 nitrogen and oxygen atoms in total. The van der Waals surface area contributed by atoms with Gasteiger partial charge in [-0.2, -0.15) is 0 Å². The van der Waals surface area contributed by atoms with Crippen molar-refractivity contribution in [3.63, 3.8) is 0 Å². The molecular formula is C22H19FN2O5. The molecule has 0 bridgehead atoms. The Morgan fingerprint density at radius 3 is 2.37 bits per heavy atom. The van der Waals surface area contributed by atoms with Crippen molar-refractivity contribution in [2.24, 2.45) is 0 Å². The van der Waals surface area contributed by atoms with E-state index >= 15 is 0 Å². The summed E-state index contributed by atoms with van der Waals surface area (Å²) >= 11 is 0. The normalized spacial score (nSPS) is 16.0. The predicted molar refractivity (Wildman–Crippen MR) is 105 cm³/mol. The van der Waals surface area contributed by atoms with Crippen molar-refractivity contribution < 1.29 is 28.3 Å². The van der Waals surface area contributed by atoms with Gasteiger partial charge in [-0.05, 0) is 55.3 Å². The van der Waals surface area contributed by atoms with Crippen LogP contribution in [0.15, 0.2) is 42.5 Å². The van der Waals surface area contributed by atoms with Crippen LogP contribution in [0.25, 0.3) is 0 Å². The Hall–Kier alpha value is -3.55. The lowest BCUT2D eigenvalue weighted by molar-refractivity contribution is -0.124. The predicted octanol–water partition coefficient (Wildman–Crippen LogP) is 2.84. The highest BCUT2D eigenvalue weighted by molar-refractivity contribution is 6.34. The number of amides is 3. The average molecular weight is 410 g/mol. The van der Waals surface area contributed by atoms with Gasteiger partial charge in [0.25, 0.3) is 17.7 Å². The number of carbonyl (C=O) groups excluding carboxylic acids is 4. The molecule has 0 radical (unpaired) electrons. The number of imide groups is 1. The van der Waals surface area contributed by atoms with Gasteiger partial charge in [0.15, 0.2) is 6.61 Å². The van der Waals surface area contributed by atoms with Gasteiger partial charge < -0.3 is 10.1 Å². The fourth-order valence-electron chi connectivity index (χ4n) is 3.75. The topological polar surface area (TPSA) is 92.8 Å². The molecule has 30 heavy (non-hydrogen) atoms. The zero-order valence-corrected chi connectivity index (χ0v) is 16.0. The van der Waals surface area contributed by atoms with Crippen molar-refractivity contribution in [1.82, 2.24) is 5.32 Å². The zero-order chi connectivity index (χ0) is 21.3. The van der Waals surface area contributed by atoms with E-state index in [1.165, 1.54) is 30.3 Å². The number of nitrogens with one attached hydrogen (secondary N) is 1. The van der Waals surface area contributed by atoms with Crippen LogP contribution in [0, 0.1) is 5.82 Å². The molecule has 1 N–H and O–H groups in total. The Kier molecular flexibility index (Phi) is 5.31. The number of nitrogens with zero attached hydrogens (tertiary/aromatic N) is 1. The maximum Gasteiger partial charge on any atom is 0.338 e. The first-order valence-corrected chi connectivity index (χ1v) is 9.69. The highest BCUT2D eigenvalue weighted by Crippen LogP contribution is 2.29. The molecule has 0 unspecified atom stereocenters. The summed E-state index contributed by atoms with van der Waals surface area (Å²) in [6.45, 7) is -0.416. The Morgan fingerprint density at radius 1 is 1.00 bits per heavy atom. The largest absolute Gasteiger partial charge is 0.452 e. The molecule has 3 amide bonds. The van der Waals surface area contributed by atoms with Crippen molar-refractivity contribution in [1.29, 1.82) is 0 Å². The van der Waals surface area contributed by atoms with E-state index in [1.807, 2.05) is 0 Å². The van der Waals surface area contributed by atoms with Crippen LogP contribution >= 0.6 is 0 Å². The fourth-order valence-corrected chi connectivity index (χ4v) is 3.75. The van der Waals surface area contributed by atoms with Crippen LogP contribution in [-0.2, 0) is 9.53 Å². The quantitative estimate of drug-likeness (QED) is 0.604. The number of halogens is 1. The van der Waals surface area contributed by atoms with Gasteiger partial charge in [0, 0.05) is 6.04 Å². The van der Waals surface area contributed by atoms with Crippen molar-refractivity contribution >= 4 is 29.4 Å². The van der Waals surface area contributed by atoms with Crippen LogP contribution < -0.4 is 10.2 Å². The van der Waals surface area contributed by atoms with Gasteiger partial charge in [-0.1, -0.05) is 12.8 Å². The van der Waals surface area contributed by atoms with E-state index in [9.17, 15) is 23.6 Å². The number of hydrogen-bond acceptors (Lipinski definition) is 5. The molecule has 8 heteroatoms. The molecule has 1 fully saturated rings. The van der Waals surface area contributed by atoms with Crippen molar-refractivity contribution in [3.05, 3.63) is 65.0 Å². The number of anilines is 1. The maximum absolute atomic E-state index is 13.1. The van der Waals surface area contributed by atoms with Gasteiger partial charge in [-0.15, -0.1) is 0 Å². The molecule has 0 aromatic heterocycles. The van der Waals surface area contributed by atoms with Crippen LogP contribution in [-0.4, -0.2) is 36.3 Å². The zero-order valence-electron chi connectivity index (χ0n) is 16.0. The van der Waals surface area contributed by atoms with E-state index < -0.39 is 30.2 Å². The third-order valence-corrected chi connectivity index (χ3v) is 5.26. The van der Waals surface area contributed by atoms with E-state index in [4.69, 9.17) is 4.74 Å². The second-order valence-corrected chi connectivity index (χ2v) is 7.31. The summed E-state index contributed by atoms with van der Waals surface area (Å²) in [4.78, 5) is 50.5. The van der Waals surface area contributed by atoms with E-state index in [2.05, 4.69) is 5.32 Å². The van der Waals surface area contributed by atoms with Gasteiger partial charge in [0.1, 0.15) is 5.82 Å². The Labute approximate surface area is 171 Å². The highest BCUT2D eigenvalue weighted by Gasteiger charge is 2.37. The van der Waals surface area contributed by atoms with E-state index in [-0.39, 0.29) is 34.3 Å². The van der Waals surface area contributed by atoms with Crippen LogP contribution in [0.3, 0.4) is 0 Å². The first kappa shape index (κ1) is 19.8. The molecule has 1 heterocycles. The molecule has 0 atom stereocenters. The second-order valence-electron chi connectivity index (χ2n) is 7.31. The van der Waals surface area contributed by atoms with Crippen LogP contribution in [0.1, 0.15) is 56.8 Å². The molecule has 1 saturated carbocycles. The molecule has 2 aromatic carbocycles. The molecule has 2 aliphatic rings. The van der Waals surface area contributed by atoms with E-state index in [0.717, 1.165) is 42.7 Å². The average Bonchev–Trinajstić information content (AvgIpc) is 3.33. The highest BCUT2D eigenvalue weighted by atomic mass is 19.1. The monoisotopic (exact) mass is 410 g/mol. The second kappa shape index (κ2) is 8.06. The molecule has 0 spiro atoms. The molecule has 154 valence electrons. The Morgan fingerprint density at radius 2 is 1.67 bits per heavy atom. The summed E-state index contributed by atoms with van der Waals surface area (Å²) in [5.41, 5.74) is 0.480. The summed E-state index contributed by atoms with van der Waals surface area (Å²) in [7, 11) is 0. The summed E-state index contributed by atoms with van der Waals surface area (Å²) < 4.78 is 18.2. The van der Waals surface area contributed by atoms with E-state index in [0.29, 0.717) is 0 Å². The standard InChI is InChI=1S/C22H19FN2O5/c23-14-6-8-16(9-7-14)25-20(27)17-10-5-13(11-18(17)21(25)28)22(29)30-12-19(26)24-15-3-1-2-4-15/h5-11,15H,1-4,12H2,(H,24,26). The van der Waals surface area contributed by atoms with Crippen LogP contribution in [0.4, 0.5) is 10.1 Å². The first-order chi connectivity index (χ1) is 14.4. The first-order valence-electron chi connectivity index (χ1n) is 9.69. The number of ether oxygens (including phenoxy) is 1. The molecule has 0 saturated heterocycles. The van der Waals surface area contributed by atoms with Crippen molar-refractivity contribution in [2.45, 2.75) is 31.7 Å². The van der Waals surface area contributed by atoms with E-state index in [1.54, 1.807) is 0 Å². The number of fused-ring (bicyclic) bond motifs is 1. The van der Waals surface area contributed by atoms with Crippen LogP contribution in [0.5, 0.6) is 0 Å². The minimum Gasteiger partial charge on any atom is -0.452 e. The number of rotatable bonds is 5. The smallest absolute Gasteiger partial charge is 0.338 e. The molecule has 1 aliphatic carbocycles. The van der Waals surface area contributed by atoms with Crippen molar-refractivity contribution in [2.75, 3.05) is 11.5 Å². The summed E-state index contributed by atoms with van der Waals surface area (Å²) in [5, 5.41) is 2.82. The third-order valence-electron chi connectivity index (χ3n) is 5.26. The third kappa shape index (κ3) is 3.80. The minimum absolute atomic E-state index is 0.0502. The van der Waals surface area contributed by atoms with Gasteiger partial charge in [-0.25, -0.2) is 14.1 Å². The Balaban J connectivity index is 1.45. The lowest BCUT2D eigenvalue weighted by Crippen LogP contribution is -2.35. The lowest BCUT2D eigenvalue weighted by Gasteiger charge is -2.13. The SMILES string of the molecule is O=C(COC(=O)c1ccc2c(c1)C(=O)N(c1ccc(F)cc1)C2=O)NC1CCCC1. The fraction of sp³-hybridized carbons (Fsp3) is 0.273. The van der Waals surface area contributed by atoms with Crippen LogP contribution in [0.2, 0.25) is 0 Å². The molecule has 1 aliphatic heterocycles. The number of esters is 1. The van der Waals surface area contributed by atoms with Gasteiger partial charge in [0.2, 0.25) is 0 Å². The summed E-state index contributed by atoms with van der Waals surface area (Å²) in [6.07, 6.45) is 3.99. The lowest BCUT2D eigenvalue weighted by atomic mass is 10.1. The van der Waals surface area contributed by atoms with Gasteiger partial charge in [0.05, 0.1) is 22.4 Å². The molecular weight excluding hydrogens is 391 g/mol. The molecule has 2 aromatic rings. The number of carbonyl (C=O) groups is 4.